The van der Waals surface area contributed by atoms with Crippen molar-refractivity contribution < 1.29 is 19.5 Å². The molecular weight excluding hydrogens is 343 g/mol. The molecule has 2 atom stereocenters. The summed E-state index contributed by atoms with van der Waals surface area (Å²) < 4.78 is 0. The molecule has 0 aliphatic carbocycles. The van der Waals surface area contributed by atoms with Gasteiger partial charge in [-0.15, -0.1) is 5.06 Å². The number of halogens is 2. The topological polar surface area (TPSA) is 78.9 Å². The Morgan fingerprint density at radius 3 is 2.30 bits per heavy atom. The van der Waals surface area contributed by atoms with E-state index in [1.807, 2.05) is 6.92 Å². The van der Waals surface area contributed by atoms with Gasteiger partial charge in [0, 0.05) is 22.3 Å². The lowest BCUT2D eigenvalue weighted by Crippen LogP contribution is -2.40. The van der Waals surface area contributed by atoms with Gasteiger partial charge in [0.05, 0.1) is 12.3 Å². The molecule has 23 heavy (non-hydrogen) atoms. The van der Waals surface area contributed by atoms with E-state index < -0.39 is 17.9 Å². The third-order valence-corrected chi connectivity index (χ3v) is 3.53. The average molecular weight is 363 g/mol. The third kappa shape index (κ3) is 6.64. The Morgan fingerprint density at radius 2 is 1.83 bits per heavy atom. The largest absolute Gasteiger partial charge is 0.481 e. The summed E-state index contributed by atoms with van der Waals surface area (Å²) in [5, 5.41) is 14.3. The molecule has 1 aromatic rings. The summed E-state index contributed by atoms with van der Waals surface area (Å²) in [4.78, 5) is 27.8. The number of carbonyl (C=O) groups excluding carboxylic acids is 1. The van der Waals surface area contributed by atoms with E-state index in [0.29, 0.717) is 22.3 Å². The first-order valence-corrected chi connectivity index (χ1v) is 7.91. The third-order valence-electron chi connectivity index (χ3n) is 3.10. The van der Waals surface area contributed by atoms with Crippen LogP contribution in [0.3, 0.4) is 0 Å². The van der Waals surface area contributed by atoms with Crippen molar-refractivity contribution in [2.45, 2.75) is 33.4 Å². The van der Waals surface area contributed by atoms with Crippen LogP contribution < -0.4 is 5.32 Å². The Labute approximate surface area is 145 Å². The molecule has 0 saturated carbocycles. The molecule has 0 aromatic heterocycles. The number of nitrogens with zero attached hydrogens (tertiary/aromatic N) is 1. The van der Waals surface area contributed by atoms with Gasteiger partial charge in [0.1, 0.15) is 6.17 Å². The molecule has 2 unspecified atom stereocenters. The van der Waals surface area contributed by atoms with Crippen LogP contribution in [0.4, 0.5) is 5.69 Å². The Bertz CT molecular complexity index is 548. The monoisotopic (exact) mass is 362 g/mol. The number of benzene rings is 1. The maximum absolute atomic E-state index is 11.8. The van der Waals surface area contributed by atoms with E-state index >= 15 is 0 Å². The molecule has 0 radical (unpaired) electrons. The van der Waals surface area contributed by atoms with Gasteiger partial charge in [0.25, 0.3) is 0 Å². The molecule has 128 valence electrons. The molecular formula is C15H20Cl2N2O4. The van der Waals surface area contributed by atoms with E-state index in [-0.39, 0.29) is 12.6 Å². The van der Waals surface area contributed by atoms with E-state index in [2.05, 4.69) is 5.32 Å². The van der Waals surface area contributed by atoms with Gasteiger partial charge in [0.15, 0.2) is 0 Å². The summed E-state index contributed by atoms with van der Waals surface area (Å²) in [6.45, 7) is 5.49. The number of hydrogen-bond donors (Lipinski definition) is 2. The fraction of sp³-hybridized carbons (Fsp3) is 0.467. The minimum Gasteiger partial charge on any atom is -0.481 e. The van der Waals surface area contributed by atoms with Crippen LogP contribution >= 0.6 is 23.2 Å². The summed E-state index contributed by atoms with van der Waals surface area (Å²) in [5.74, 6) is -2.43. The Morgan fingerprint density at radius 1 is 1.26 bits per heavy atom. The number of rotatable bonds is 8. The molecule has 0 fully saturated rings. The van der Waals surface area contributed by atoms with Gasteiger partial charge in [-0.2, -0.15) is 0 Å². The van der Waals surface area contributed by atoms with Crippen molar-refractivity contribution in [1.29, 1.82) is 0 Å². The van der Waals surface area contributed by atoms with Crippen LogP contribution in [0.2, 0.25) is 10.0 Å². The van der Waals surface area contributed by atoms with Gasteiger partial charge < -0.3 is 15.3 Å². The first kappa shape index (κ1) is 19.5. The zero-order valence-corrected chi connectivity index (χ0v) is 14.7. The zero-order chi connectivity index (χ0) is 17.6. The molecule has 0 saturated heterocycles. The van der Waals surface area contributed by atoms with E-state index in [1.54, 1.807) is 25.1 Å². The second-order valence-electron chi connectivity index (χ2n) is 5.12. The molecule has 0 aliphatic rings. The molecule has 6 nitrogen and oxygen atoms in total. The predicted octanol–water partition coefficient (Wildman–Crippen LogP) is 3.64. The molecule has 0 aliphatic heterocycles. The predicted molar refractivity (Wildman–Crippen MR) is 89.4 cm³/mol. The summed E-state index contributed by atoms with van der Waals surface area (Å²) in [5.41, 5.74) is 0.684. The highest BCUT2D eigenvalue weighted by molar-refractivity contribution is 6.35. The van der Waals surface area contributed by atoms with Crippen molar-refractivity contribution in [2.24, 2.45) is 5.92 Å². The van der Waals surface area contributed by atoms with Crippen LogP contribution in [-0.2, 0) is 14.4 Å². The van der Waals surface area contributed by atoms with Gasteiger partial charge in [-0.3, -0.25) is 9.59 Å². The molecule has 0 heterocycles. The normalized spacial score (nSPS) is 13.5. The minimum atomic E-state index is -1.04. The number of carboxylic acids is 1. The van der Waals surface area contributed by atoms with Gasteiger partial charge >= 0.3 is 11.9 Å². The number of carboxylic acid groups (broad SMARTS) is 1. The van der Waals surface area contributed by atoms with E-state index in [1.165, 1.54) is 12.0 Å². The second kappa shape index (κ2) is 8.96. The SMILES string of the molecule is CCN(OC(=O)CC(C)C(=O)O)C(C)Nc1cc(Cl)cc(Cl)c1. The van der Waals surface area contributed by atoms with Crippen molar-refractivity contribution >= 4 is 40.8 Å². The van der Waals surface area contributed by atoms with Crippen LogP contribution in [0.1, 0.15) is 27.2 Å². The van der Waals surface area contributed by atoms with Crippen LogP contribution in [-0.4, -0.2) is 34.8 Å². The lowest BCUT2D eigenvalue weighted by molar-refractivity contribution is -0.198. The first-order valence-electron chi connectivity index (χ1n) is 7.15. The summed E-state index contributed by atoms with van der Waals surface area (Å²) in [6.07, 6.45) is -0.541. The summed E-state index contributed by atoms with van der Waals surface area (Å²) in [7, 11) is 0. The van der Waals surface area contributed by atoms with E-state index in [0.717, 1.165) is 0 Å². The van der Waals surface area contributed by atoms with Crippen LogP contribution in [0.15, 0.2) is 18.2 Å². The van der Waals surface area contributed by atoms with Crippen molar-refractivity contribution in [3.05, 3.63) is 28.2 Å². The van der Waals surface area contributed by atoms with Crippen LogP contribution in [0, 0.1) is 5.92 Å². The fourth-order valence-electron chi connectivity index (χ4n) is 1.87. The lowest BCUT2D eigenvalue weighted by Gasteiger charge is -2.28. The summed E-state index contributed by atoms with van der Waals surface area (Å²) in [6, 6.07) is 5.02. The van der Waals surface area contributed by atoms with Crippen molar-refractivity contribution in [1.82, 2.24) is 5.06 Å². The number of hydrogen-bond acceptors (Lipinski definition) is 5. The van der Waals surface area contributed by atoms with Gasteiger partial charge in [0.2, 0.25) is 0 Å². The Balaban J connectivity index is 2.65. The standard InChI is InChI=1S/C15H20Cl2N2O4/c1-4-19(23-14(20)5-9(2)15(21)22)10(3)18-13-7-11(16)6-12(17)8-13/h6-10,18H,4-5H2,1-3H3,(H,21,22). The number of carbonyl (C=O) groups is 2. The molecule has 1 aromatic carbocycles. The highest BCUT2D eigenvalue weighted by Crippen LogP contribution is 2.23. The highest BCUT2D eigenvalue weighted by atomic mass is 35.5. The number of anilines is 1. The fourth-order valence-corrected chi connectivity index (χ4v) is 2.40. The molecule has 1 rings (SSSR count). The van der Waals surface area contributed by atoms with Crippen LogP contribution in [0.5, 0.6) is 0 Å². The van der Waals surface area contributed by atoms with E-state index in [9.17, 15) is 9.59 Å². The number of aliphatic carboxylic acids is 1. The van der Waals surface area contributed by atoms with Gasteiger partial charge in [-0.05, 0) is 32.0 Å². The van der Waals surface area contributed by atoms with Gasteiger partial charge in [-0.1, -0.05) is 30.1 Å². The average Bonchev–Trinajstić information content (AvgIpc) is 2.43. The summed E-state index contributed by atoms with van der Waals surface area (Å²) >= 11 is 11.9. The lowest BCUT2D eigenvalue weighted by atomic mass is 10.1. The first-order chi connectivity index (χ1) is 10.7. The molecule has 0 spiro atoms. The molecule has 8 heteroatoms. The van der Waals surface area contributed by atoms with Crippen molar-refractivity contribution in [3.63, 3.8) is 0 Å². The number of hydroxylamine groups is 2. The minimum absolute atomic E-state index is 0.193. The van der Waals surface area contributed by atoms with Crippen molar-refractivity contribution in [3.8, 4) is 0 Å². The quantitative estimate of drug-likeness (QED) is 0.542. The molecule has 0 amide bonds. The van der Waals surface area contributed by atoms with E-state index in [4.69, 9.17) is 33.1 Å². The molecule has 0 bridgehead atoms. The Hall–Kier alpha value is -1.50. The van der Waals surface area contributed by atoms with Gasteiger partial charge in [-0.25, -0.2) is 0 Å². The van der Waals surface area contributed by atoms with Crippen LogP contribution in [0.25, 0.3) is 0 Å². The zero-order valence-electron chi connectivity index (χ0n) is 13.2. The smallest absolute Gasteiger partial charge is 0.326 e. The Kier molecular flexibility index (Phi) is 7.61. The molecule has 2 N–H and O–H groups in total. The van der Waals surface area contributed by atoms with Crippen molar-refractivity contribution in [2.75, 3.05) is 11.9 Å². The second-order valence-corrected chi connectivity index (χ2v) is 5.99. The maximum atomic E-state index is 11.8. The number of nitrogens with one attached hydrogen (secondary N) is 1. The maximum Gasteiger partial charge on any atom is 0.326 e. The highest BCUT2D eigenvalue weighted by Gasteiger charge is 2.21.